The monoisotopic (exact) mass is 277 g/mol. The number of nitrogen functional groups attached to an aromatic ring is 1. The molecule has 1 fully saturated rings. The largest absolute Gasteiger partial charge is 0.462 e. The Labute approximate surface area is 119 Å². The van der Waals surface area contributed by atoms with Crippen molar-refractivity contribution in [3.8, 4) is 0 Å². The van der Waals surface area contributed by atoms with Crippen molar-refractivity contribution in [3.63, 3.8) is 0 Å². The number of nitrogens with one attached hydrogen (secondary N) is 1. The highest BCUT2D eigenvalue weighted by atomic mass is 16.5. The molecule has 1 aliphatic rings. The van der Waals surface area contributed by atoms with Gasteiger partial charge in [0.2, 0.25) is 0 Å². The molecule has 5 nitrogen and oxygen atoms in total. The van der Waals surface area contributed by atoms with Crippen molar-refractivity contribution >= 4 is 17.5 Å². The summed E-state index contributed by atoms with van der Waals surface area (Å²) >= 11 is 0. The van der Waals surface area contributed by atoms with Crippen molar-refractivity contribution in [2.24, 2.45) is 0 Å². The topological polar surface area (TPSA) is 77.2 Å². The summed E-state index contributed by atoms with van der Waals surface area (Å²) in [7, 11) is 0. The summed E-state index contributed by atoms with van der Waals surface area (Å²) < 4.78 is 5.00. The normalized spacial score (nSPS) is 17.5. The fourth-order valence-electron chi connectivity index (χ4n) is 2.70. The van der Waals surface area contributed by atoms with E-state index in [2.05, 4.69) is 17.2 Å². The summed E-state index contributed by atoms with van der Waals surface area (Å²) in [6.45, 7) is 4.29. The van der Waals surface area contributed by atoms with Crippen LogP contribution in [0, 0.1) is 0 Å². The van der Waals surface area contributed by atoms with Gasteiger partial charge in [-0.2, -0.15) is 0 Å². The van der Waals surface area contributed by atoms with E-state index >= 15 is 0 Å². The third kappa shape index (κ3) is 3.21. The maximum atomic E-state index is 11.8. The summed E-state index contributed by atoms with van der Waals surface area (Å²) in [6, 6.07) is 1.60. The van der Waals surface area contributed by atoms with Crippen molar-refractivity contribution in [1.82, 2.24) is 4.98 Å². The highest BCUT2D eigenvalue weighted by Gasteiger charge is 2.28. The van der Waals surface area contributed by atoms with Crippen LogP contribution in [-0.4, -0.2) is 23.1 Å². The number of nitrogens with two attached hydrogens (primary N) is 1. The second-order valence-corrected chi connectivity index (χ2v) is 5.59. The Hall–Kier alpha value is -1.78. The molecule has 2 rings (SSSR count). The van der Waals surface area contributed by atoms with Crippen LogP contribution in [0.3, 0.4) is 0 Å². The summed E-state index contributed by atoms with van der Waals surface area (Å²) in [5, 5.41) is 3.42. The van der Waals surface area contributed by atoms with Gasteiger partial charge in [0, 0.05) is 11.7 Å². The molecule has 1 saturated carbocycles. The molecule has 0 bridgehead atoms. The molecule has 1 aromatic heterocycles. The van der Waals surface area contributed by atoms with E-state index in [0.29, 0.717) is 23.7 Å². The standard InChI is InChI=1S/C15H23N3O2/c1-3-20-14(19)11-7-10-17-13(12(11)16)18-15(2)8-5-4-6-9-15/h7,10H,3-6,8-9,16H2,1-2H3,(H,17,18). The Morgan fingerprint density at radius 2 is 2.15 bits per heavy atom. The fraction of sp³-hybridized carbons (Fsp3) is 0.600. The number of carbonyl (C=O) groups excluding carboxylic acids is 1. The van der Waals surface area contributed by atoms with Crippen molar-refractivity contribution in [3.05, 3.63) is 17.8 Å². The van der Waals surface area contributed by atoms with Crippen LogP contribution in [0.2, 0.25) is 0 Å². The van der Waals surface area contributed by atoms with Gasteiger partial charge in [-0.15, -0.1) is 0 Å². The quantitative estimate of drug-likeness (QED) is 0.827. The minimum atomic E-state index is -0.399. The van der Waals surface area contributed by atoms with Crippen LogP contribution in [0.4, 0.5) is 11.5 Å². The Morgan fingerprint density at radius 3 is 2.80 bits per heavy atom. The Kier molecular flexibility index (Phi) is 4.47. The number of esters is 1. The van der Waals surface area contributed by atoms with E-state index in [1.807, 2.05) is 0 Å². The molecule has 0 unspecified atom stereocenters. The number of ether oxygens (including phenoxy) is 1. The number of carbonyl (C=O) groups is 1. The molecule has 0 aromatic carbocycles. The zero-order chi connectivity index (χ0) is 14.6. The van der Waals surface area contributed by atoms with Crippen molar-refractivity contribution in [2.45, 2.75) is 51.5 Å². The average molecular weight is 277 g/mol. The van der Waals surface area contributed by atoms with E-state index in [4.69, 9.17) is 10.5 Å². The molecule has 1 aromatic rings. The minimum Gasteiger partial charge on any atom is -0.462 e. The number of pyridine rings is 1. The Balaban J connectivity index is 2.20. The van der Waals surface area contributed by atoms with Crippen LogP contribution in [0.15, 0.2) is 12.3 Å². The van der Waals surface area contributed by atoms with Crippen LogP contribution in [0.1, 0.15) is 56.3 Å². The number of anilines is 2. The third-order valence-corrected chi connectivity index (χ3v) is 3.86. The highest BCUT2D eigenvalue weighted by Crippen LogP contribution is 2.33. The molecule has 20 heavy (non-hydrogen) atoms. The number of rotatable bonds is 4. The molecule has 0 saturated heterocycles. The molecule has 1 aliphatic carbocycles. The average Bonchev–Trinajstić information content (AvgIpc) is 2.42. The van der Waals surface area contributed by atoms with Gasteiger partial charge in [-0.05, 0) is 32.8 Å². The second-order valence-electron chi connectivity index (χ2n) is 5.59. The van der Waals surface area contributed by atoms with E-state index in [1.54, 1.807) is 19.2 Å². The summed E-state index contributed by atoms with van der Waals surface area (Å²) in [5.41, 5.74) is 6.82. The van der Waals surface area contributed by atoms with E-state index < -0.39 is 5.97 Å². The molecular weight excluding hydrogens is 254 g/mol. The zero-order valence-corrected chi connectivity index (χ0v) is 12.2. The first-order valence-electron chi connectivity index (χ1n) is 7.25. The number of hydrogen-bond donors (Lipinski definition) is 2. The van der Waals surface area contributed by atoms with Crippen LogP contribution in [0.5, 0.6) is 0 Å². The lowest BCUT2D eigenvalue weighted by Gasteiger charge is -2.35. The second kappa shape index (κ2) is 6.11. The van der Waals surface area contributed by atoms with Gasteiger partial charge in [0.15, 0.2) is 0 Å². The van der Waals surface area contributed by atoms with E-state index in [1.165, 1.54) is 19.3 Å². The van der Waals surface area contributed by atoms with Gasteiger partial charge >= 0.3 is 5.97 Å². The SMILES string of the molecule is CCOC(=O)c1ccnc(NC2(C)CCCCC2)c1N. The molecule has 0 radical (unpaired) electrons. The van der Waals surface area contributed by atoms with Gasteiger partial charge in [-0.25, -0.2) is 9.78 Å². The van der Waals surface area contributed by atoms with E-state index in [0.717, 1.165) is 12.8 Å². The van der Waals surface area contributed by atoms with Crippen LogP contribution in [-0.2, 0) is 4.74 Å². The van der Waals surface area contributed by atoms with Gasteiger partial charge in [0.05, 0.1) is 17.9 Å². The van der Waals surface area contributed by atoms with Crippen molar-refractivity contribution in [1.29, 1.82) is 0 Å². The minimum absolute atomic E-state index is 0.00660. The fourth-order valence-corrected chi connectivity index (χ4v) is 2.70. The lowest BCUT2D eigenvalue weighted by molar-refractivity contribution is 0.0527. The van der Waals surface area contributed by atoms with Crippen LogP contribution < -0.4 is 11.1 Å². The van der Waals surface area contributed by atoms with Crippen molar-refractivity contribution < 1.29 is 9.53 Å². The molecular formula is C15H23N3O2. The van der Waals surface area contributed by atoms with Gasteiger partial charge < -0.3 is 15.8 Å². The zero-order valence-electron chi connectivity index (χ0n) is 12.2. The summed E-state index contributed by atoms with van der Waals surface area (Å²) in [5.74, 6) is 0.184. The maximum absolute atomic E-state index is 11.8. The lowest BCUT2D eigenvalue weighted by atomic mass is 9.83. The van der Waals surface area contributed by atoms with Gasteiger partial charge in [-0.3, -0.25) is 0 Å². The van der Waals surface area contributed by atoms with Crippen molar-refractivity contribution in [2.75, 3.05) is 17.7 Å². The van der Waals surface area contributed by atoms with Crippen LogP contribution >= 0.6 is 0 Å². The number of nitrogens with zero attached hydrogens (tertiary/aromatic N) is 1. The Morgan fingerprint density at radius 1 is 1.45 bits per heavy atom. The first-order chi connectivity index (χ1) is 9.56. The number of hydrogen-bond acceptors (Lipinski definition) is 5. The predicted molar refractivity (Wildman–Crippen MR) is 79.7 cm³/mol. The van der Waals surface area contributed by atoms with Crippen LogP contribution in [0.25, 0.3) is 0 Å². The van der Waals surface area contributed by atoms with Gasteiger partial charge in [-0.1, -0.05) is 19.3 Å². The number of aromatic nitrogens is 1. The highest BCUT2D eigenvalue weighted by molar-refractivity contribution is 5.97. The predicted octanol–water partition coefficient (Wildman–Crippen LogP) is 2.98. The third-order valence-electron chi connectivity index (χ3n) is 3.86. The first-order valence-corrected chi connectivity index (χ1v) is 7.25. The molecule has 0 amide bonds. The smallest absolute Gasteiger partial charge is 0.340 e. The first kappa shape index (κ1) is 14.6. The van der Waals surface area contributed by atoms with Gasteiger partial charge in [0.25, 0.3) is 0 Å². The molecule has 1 heterocycles. The van der Waals surface area contributed by atoms with E-state index in [9.17, 15) is 4.79 Å². The molecule has 3 N–H and O–H groups in total. The molecule has 0 atom stereocenters. The van der Waals surface area contributed by atoms with E-state index in [-0.39, 0.29) is 5.54 Å². The molecule has 0 spiro atoms. The summed E-state index contributed by atoms with van der Waals surface area (Å²) in [4.78, 5) is 16.1. The molecule has 110 valence electrons. The lowest BCUT2D eigenvalue weighted by Crippen LogP contribution is -2.37. The molecule has 5 heteroatoms. The summed E-state index contributed by atoms with van der Waals surface area (Å²) in [6.07, 6.45) is 7.48. The van der Waals surface area contributed by atoms with Gasteiger partial charge in [0.1, 0.15) is 5.82 Å². The maximum Gasteiger partial charge on any atom is 0.340 e. The molecule has 0 aliphatic heterocycles. The Bertz CT molecular complexity index is 482.